The van der Waals surface area contributed by atoms with Crippen LogP contribution in [-0.2, 0) is 20.4 Å². The Bertz CT molecular complexity index is 821. The number of hydrogen-bond acceptors (Lipinski definition) is 0. The fourth-order valence-corrected chi connectivity index (χ4v) is 23.6. The first-order valence-electron chi connectivity index (χ1n) is 8.51. The molecule has 4 rings (SSSR count). The van der Waals surface area contributed by atoms with Gasteiger partial charge in [-0.05, 0) is 0 Å². The molecule has 0 saturated heterocycles. The molecule has 0 nitrogen and oxygen atoms in total. The molecule has 0 fully saturated rings. The molecule has 4 heteroatoms. The summed E-state index contributed by atoms with van der Waals surface area (Å²) in [6, 6.07) is 22.6. The van der Waals surface area contributed by atoms with Crippen molar-refractivity contribution in [1.29, 1.82) is 0 Å². The van der Waals surface area contributed by atoms with E-state index in [-0.39, 0.29) is 24.8 Å². The molecule has 0 aromatic heterocycles. The van der Waals surface area contributed by atoms with E-state index in [1.165, 1.54) is 12.8 Å². The Morgan fingerprint density at radius 2 is 1.04 bits per heavy atom. The summed E-state index contributed by atoms with van der Waals surface area (Å²) in [5, 5.41) is 3.17. The average molecular weight is 477 g/mol. The van der Waals surface area contributed by atoms with E-state index in [0.29, 0.717) is 0 Å². The zero-order chi connectivity index (χ0) is 16.2. The van der Waals surface area contributed by atoms with Gasteiger partial charge in [-0.3, -0.25) is 0 Å². The van der Waals surface area contributed by atoms with Gasteiger partial charge in [-0.2, -0.15) is 0 Å². The van der Waals surface area contributed by atoms with Gasteiger partial charge >= 0.3 is 153 Å². The Labute approximate surface area is 176 Å². The molecule has 2 aliphatic carbocycles. The van der Waals surface area contributed by atoms with Crippen molar-refractivity contribution in [3.05, 3.63) is 104 Å². The van der Waals surface area contributed by atoms with Crippen LogP contribution in [0.3, 0.4) is 0 Å². The second-order valence-corrected chi connectivity index (χ2v) is 19.7. The Morgan fingerprint density at radius 1 is 0.615 bits per heavy atom. The van der Waals surface area contributed by atoms with Gasteiger partial charge in [-0.15, -0.1) is 24.8 Å². The van der Waals surface area contributed by atoms with Crippen molar-refractivity contribution in [1.82, 2.24) is 0 Å². The molecule has 0 unspecified atom stereocenters. The molecule has 0 aliphatic heterocycles. The van der Waals surface area contributed by atoms with Crippen molar-refractivity contribution in [2.24, 2.45) is 0 Å². The summed E-state index contributed by atoms with van der Waals surface area (Å²) in [6.45, 7) is 0. The maximum absolute atomic E-state index is 2.44. The molecule has 2 aromatic rings. The van der Waals surface area contributed by atoms with Gasteiger partial charge in [-0.1, -0.05) is 0 Å². The first-order valence-corrected chi connectivity index (χ1v) is 16.2. The van der Waals surface area contributed by atoms with Gasteiger partial charge in [0.15, 0.2) is 0 Å². The zero-order valence-electron chi connectivity index (χ0n) is 14.5. The van der Waals surface area contributed by atoms with E-state index in [4.69, 9.17) is 0 Å². The largest absolute Gasteiger partial charge is 0.147 e. The third kappa shape index (κ3) is 4.67. The molecule has 0 amide bonds. The average Bonchev–Trinajstić information content (AvgIpc) is 3.35. The van der Waals surface area contributed by atoms with Crippen LogP contribution in [-0.4, -0.2) is 5.43 Å². The molecule has 0 heterocycles. The van der Waals surface area contributed by atoms with Crippen molar-refractivity contribution in [2.75, 3.05) is 0 Å². The Morgan fingerprint density at radius 3 is 1.38 bits per heavy atom. The predicted molar refractivity (Wildman–Crippen MR) is 116 cm³/mol. The monoisotopic (exact) mass is 474 g/mol. The van der Waals surface area contributed by atoms with E-state index in [1.54, 1.807) is 16.9 Å². The van der Waals surface area contributed by atoms with Gasteiger partial charge in [0.25, 0.3) is 0 Å². The van der Waals surface area contributed by atoms with Crippen LogP contribution < -0.4 is 10.4 Å². The van der Waals surface area contributed by atoms with Crippen LogP contribution in [0, 0.1) is 0 Å². The van der Waals surface area contributed by atoms with Crippen LogP contribution in [0.25, 0.3) is 0 Å². The quantitative estimate of drug-likeness (QED) is 0.549. The van der Waals surface area contributed by atoms with Crippen molar-refractivity contribution in [3.63, 3.8) is 0 Å². The summed E-state index contributed by atoms with van der Waals surface area (Å²) >= 11 is -1.93. The summed E-state index contributed by atoms with van der Waals surface area (Å²) in [5.41, 5.74) is -0.724. The number of benzene rings is 2. The van der Waals surface area contributed by atoms with Gasteiger partial charge in [-0.25, -0.2) is 0 Å². The van der Waals surface area contributed by atoms with Crippen LogP contribution in [0.1, 0.15) is 12.8 Å². The van der Waals surface area contributed by atoms with Crippen LogP contribution in [0.5, 0.6) is 0 Å². The van der Waals surface area contributed by atoms with E-state index in [1.807, 2.05) is 0 Å². The fraction of sp³-hybridized carbons (Fsp3) is 0.0909. The van der Waals surface area contributed by atoms with Crippen molar-refractivity contribution in [2.45, 2.75) is 12.8 Å². The molecule has 132 valence electrons. The van der Waals surface area contributed by atoms with Crippen LogP contribution in [0.2, 0.25) is 0 Å². The predicted octanol–water partition coefficient (Wildman–Crippen LogP) is 4.94. The fourth-order valence-electron chi connectivity index (χ4n) is 3.46. The van der Waals surface area contributed by atoms with Crippen LogP contribution >= 0.6 is 24.8 Å². The van der Waals surface area contributed by atoms with Gasteiger partial charge in [0, 0.05) is 0 Å². The van der Waals surface area contributed by atoms with Gasteiger partial charge < -0.3 is 0 Å². The second kappa shape index (κ2) is 10.4. The number of allylic oxidation sites excluding steroid dienone is 8. The van der Waals surface area contributed by atoms with E-state index < -0.39 is 25.8 Å². The molecule has 0 radical (unpaired) electrons. The molecule has 26 heavy (non-hydrogen) atoms. The summed E-state index contributed by atoms with van der Waals surface area (Å²) < 4.78 is 3.54. The maximum Gasteiger partial charge on any atom is -0.147 e. The van der Waals surface area contributed by atoms with Crippen molar-refractivity contribution in [3.8, 4) is 0 Å². The molecule has 0 bridgehead atoms. The summed E-state index contributed by atoms with van der Waals surface area (Å²) in [6.07, 6.45) is 16.5. The maximum atomic E-state index is 2.44. The standard InChI is InChI=1S/C12H10Si.2C5H5.2ClH.Zr/c1-3-7-11(8-4-1)13-12-9-5-2-6-10-12;2*1-2-4-5-3-1;;;/h1-10H;2*1-3H,4H2;2*1H;. The molecular formula is C22H22Cl2SiZr. The van der Waals surface area contributed by atoms with E-state index in [2.05, 4.69) is 97.1 Å². The number of halogens is 2. The minimum atomic E-state index is -1.93. The minimum Gasteiger partial charge on any atom is -0.147 e. The molecule has 0 atom stereocenters. The normalized spacial score (nSPS) is 14.2. The second-order valence-electron chi connectivity index (χ2n) is 6.13. The minimum absolute atomic E-state index is 0. The van der Waals surface area contributed by atoms with E-state index >= 15 is 0 Å². The van der Waals surface area contributed by atoms with E-state index in [0.717, 1.165) is 0 Å². The SMILES string of the molecule is C1=CC[C]([Zr]([C]2=CC=CC2)=[Si](c2ccccc2)c2ccccc2)=C1.Cl.Cl. The molecule has 0 spiro atoms. The van der Waals surface area contributed by atoms with Crippen molar-refractivity contribution < 1.29 is 20.4 Å². The third-order valence-electron chi connectivity index (χ3n) is 4.56. The summed E-state index contributed by atoms with van der Waals surface area (Å²) in [7, 11) is 0. The van der Waals surface area contributed by atoms with Gasteiger partial charge in [0.1, 0.15) is 0 Å². The Kier molecular flexibility index (Phi) is 8.57. The molecule has 2 aliphatic rings. The van der Waals surface area contributed by atoms with Crippen molar-refractivity contribution >= 4 is 40.6 Å². The first kappa shape index (κ1) is 21.4. The summed E-state index contributed by atoms with van der Waals surface area (Å²) in [5.74, 6) is 0. The van der Waals surface area contributed by atoms with Crippen LogP contribution in [0.15, 0.2) is 104 Å². The van der Waals surface area contributed by atoms with Gasteiger partial charge in [0.05, 0.1) is 0 Å². The topological polar surface area (TPSA) is 0 Å². The molecule has 0 N–H and O–H groups in total. The van der Waals surface area contributed by atoms with E-state index in [9.17, 15) is 0 Å². The molecule has 0 saturated carbocycles. The molecular weight excluding hydrogens is 454 g/mol. The zero-order valence-corrected chi connectivity index (χ0v) is 19.6. The smallest absolute Gasteiger partial charge is 0.147 e. The Balaban J connectivity index is 0.00000121. The van der Waals surface area contributed by atoms with Gasteiger partial charge in [0.2, 0.25) is 0 Å². The van der Waals surface area contributed by atoms with Crippen LogP contribution in [0.4, 0.5) is 0 Å². The molecule has 2 aromatic carbocycles. The first-order chi connectivity index (χ1) is 11.9. The Hall–Kier alpha value is -0.920. The number of rotatable bonds is 4. The number of hydrogen-bond donors (Lipinski definition) is 0. The third-order valence-corrected chi connectivity index (χ3v) is 23.6. The summed E-state index contributed by atoms with van der Waals surface area (Å²) in [4.78, 5) is 0.